The zero-order chi connectivity index (χ0) is 21.2. The Hall–Kier alpha value is -3.19. The molecule has 0 aromatic heterocycles. The maximum atomic E-state index is 11.5. The minimum Gasteiger partial charge on any atom is -0.489 e. The van der Waals surface area contributed by atoms with E-state index < -0.39 is 5.91 Å². The van der Waals surface area contributed by atoms with Crippen LogP contribution in [-0.4, -0.2) is 44.5 Å². The van der Waals surface area contributed by atoms with Crippen molar-refractivity contribution in [3.63, 3.8) is 0 Å². The minimum absolute atomic E-state index is 0.390. The molecular formula is C24H26N2O4. The molecule has 3 aromatic carbocycles. The predicted octanol–water partition coefficient (Wildman–Crippen LogP) is 3.66. The molecule has 0 fully saturated rings. The zero-order valence-corrected chi connectivity index (χ0v) is 16.9. The maximum absolute atomic E-state index is 11.5. The standard InChI is InChI=1S/C24H26N2O4/c1-29-14-13-25-16-19(15-18-9-11-21(12-10-18)24(27)26-28)17-30-23-8-4-6-20-5-2-3-7-22(20)23/h2-12,15,25,28H,13-14,16-17H2,1H3,(H,26,27). The van der Waals surface area contributed by atoms with Gasteiger partial charge >= 0.3 is 0 Å². The highest BCUT2D eigenvalue weighted by Gasteiger charge is 2.06. The largest absolute Gasteiger partial charge is 0.489 e. The molecule has 0 saturated heterocycles. The quantitative estimate of drug-likeness (QED) is 0.272. The summed E-state index contributed by atoms with van der Waals surface area (Å²) in [5.41, 5.74) is 4.02. The van der Waals surface area contributed by atoms with Crippen LogP contribution in [0.3, 0.4) is 0 Å². The van der Waals surface area contributed by atoms with Gasteiger partial charge in [0, 0.05) is 31.1 Å². The number of hydroxylamine groups is 1. The van der Waals surface area contributed by atoms with Gasteiger partial charge in [-0.05, 0) is 34.7 Å². The predicted molar refractivity (Wildman–Crippen MR) is 118 cm³/mol. The van der Waals surface area contributed by atoms with Gasteiger partial charge in [0.25, 0.3) is 5.91 Å². The Morgan fingerprint density at radius 3 is 2.57 bits per heavy atom. The van der Waals surface area contributed by atoms with E-state index in [0.29, 0.717) is 25.3 Å². The molecule has 3 aromatic rings. The normalized spacial score (nSPS) is 11.5. The second-order valence-corrected chi connectivity index (χ2v) is 6.80. The highest BCUT2D eigenvalue weighted by atomic mass is 16.5. The van der Waals surface area contributed by atoms with E-state index in [9.17, 15) is 4.79 Å². The lowest BCUT2D eigenvalue weighted by molar-refractivity contribution is 0.0706. The molecule has 6 nitrogen and oxygen atoms in total. The van der Waals surface area contributed by atoms with Gasteiger partial charge in [-0.25, -0.2) is 5.48 Å². The van der Waals surface area contributed by atoms with Crippen molar-refractivity contribution in [3.05, 3.63) is 83.4 Å². The smallest absolute Gasteiger partial charge is 0.274 e. The average Bonchev–Trinajstić information content (AvgIpc) is 2.80. The molecule has 0 spiro atoms. The van der Waals surface area contributed by atoms with E-state index in [1.165, 1.54) is 0 Å². The summed E-state index contributed by atoms with van der Waals surface area (Å²) < 4.78 is 11.2. The van der Waals surface area contributed by atoms with Crippen molar-refractivity contribution >= 4 is 22.8 Å². The lowest BCUT2D eigenvalue weighted by Gasteiger charge is -2.13. The van der Waals surface area contributed by atoms with Gasteiger partial charge in [0.05, 0.1) is 6.61 Å². The van der Waals surface area contributed by atoms with Crippen molar-refractivity contribution in [2.24, 2.45) is 0 Å². The number of ether oxygens (including phenoxy) is 2. The Kier molecular flexibility index (Phi) is 7.97. The second-order valence-electron chi connectivity index (χ2n) is 6.80. The molecule has 1 amide bonds. The van der Waals surface area contributed by atoms with Crippen LogP contribution in [0, 0.1) is 0 Å². The van der Waals surface area contributed by atoms with Crippen molar-refractivity contribution in [2.75, 3.05) is 33.4 Å². The minimum atomic E-state index is -0.536. The van der Waals surface area contributed by atoms with Crippen LogP contribution in [0.15, 0.2) is 72.3 Å². The molecule has 0 saturated carbocycles. The van der Waals surface area contributed by atoms with E-state index in [1.807, 2.05) is 42.5 Å². The second kappa shape index (κ2) is 11.1. The topological polar surface area (TPSA) is 79.8 Å². The van der Waals surface area contributed by atoms with Crippen LogP contribution in [0.25, 0.3) is 16.8 Å². The molecule has 3 N–H and O–H groups in total. The molecule has 0 atom stereocenters. The highest BCUT2D eigenvalue weighted by Crippen LogP contribution is 2.25. The number of fused-ring (bicyclic) bond motifs is 1. The van der Waals surface area contributed by atoms with Gasteiger partial charge in [-0.1, -0.05) is 54.6 Å². The number of carbonyl (C=O) groups excluding carboxylic acids is 1. The first-order valence-corrected chi connectivity index (χ1v) is 9.75. The van der Waals surface area contributed by atoms with E-state index >= 15 is 0 Å². The molecule has 0 unspecified atom stereocenters. The molecule has 156 valence electrons. The van der Waals surface area contributed by atoms with Crippen molar-refractivity contribution in [3.8, 4) is 5.75 Å². The van der Waals surface area contributed by atoms with Gasteiger partial charge in [0.1, 0.15) is 12.4 Å². The Bertz CT molecular complexity index is 994. The van der Waals surface area contributed by atoms with E-state index in [4.69, 9.17) is 14.7 Å². The number of nitrogens with one attached hydrogen (secondary N) is 2. The van der Waals surface area contributed by atoms with Gasteiger partial charge in [0.15, 0.2) is 0 Å². The molecular weight excluding hydrogens is 380 g/mol. The number of rotatable bonds is 10. The van der Waals surface area contributed by atoms with Crippen molar-refractivity contribution in [1.29, 1.82) is 0 Å². The fourth-order valence-electron chi connectivity index (χ4n) is 3.09. The summed E-state index contributed by atoms with van der Waals surface area (Å²) in [6.07, 6.45) is 2.03. The van der Waals surface area contributed by atoms with Crippen LogP contribution in [0.2, 0.25) is 0 Å². The Morgan fingerprint density at radius 2 is 1.80 bits per heavy atom. The highest BCUT2D eigenvalue weighted by molar-refractivity contribution is 5.93. The molecule has 0 heterocycles. The number of amides is 1. The molecule has 0 aliphatic carbocycles. The molecule has 30 heavy (non-hydrogen) atoms. The fraction of sp³-hybridized carbons (Fsp3) is 0.208. The Labute approximate surface area is 176 Å². The first-order chi connectivity index (χ1) is 14.7. The molecule has 0 radical (unpaired) electrons. The third-order valence-electron chi connectivity index (χ3n) is 4.64. The van der Waals surface area contributed by atoms with Gasteiger partial charge in [-0.3, -0.25) is 10.0 Å². The summed E-state index contributed by atoms with van der Waals surface area (Å²) in [6, 6.07) is 21.2. The number of hydrogen-bond acceptors (Lipinski definition) is 5. The summed E-state index contributed by atoms with van der Waals surface area (Å²) in [5, 5.41) is 14.3. The first kappa shape index (κ1) is 21.5. The summed E-state index contributed by atoms with van der Waals surface area (Å²) in [7, 11) is 1.67. The molecule has 3 rings (SSSR count). The molecule has 0 bridgehead atoms. The average molecular weight is 406 g/mol. The van der Waals surface area contributed by atoms with Crippen LogP contribution in [-0.2, 0) is 4.74 Å². The van der Waals surface area contributed by atoms with Gasteiger partial charge in [-0.15, -0.1) is 0 Å². The van der Waals surface area contributed by atoms with E-state index in [2.05, 4.69) is 23.5 Å². The van der Waals surface area contributed by atoms with Crippen molar-refractivity contribution in [2.45, 2.75) is 0 Å². The first-order valence-electron chi connectivity index (χ1n) is 9.75. The number of benzene rings is 3. The van der Waals surface area contributed by atoms with E-state index in [0.717, 1.165) is 34.2 Å². The van der Waals surface area contributed by atoms with Crippen LogP contribution in [0.5, 0.6) is 5.75 Å². The summed E-state index contributed by atoms with van der Waals surface area (Å²) in [5.74, 6) is 0.303. The molecule has 0 aliphatic rings. The summed E-state index contributed by atoms with van der Waals surface area (Å²) >= 11 is 0. The zero-order valence-electron chi connectivity index (χ0n) is 16.9. The maximum Gasteiger partial charge on any atom is 0.274 e. The monoisotopic (exact) mass is 406 g/mol. The summed E-state index contributed by atoms with van der Waals surface area (Å²) in [4.78, 5) is 11.5. The SMILES string of the molecule is COCCNCC(=Cc1ccc(C(=O)NO)cc1)COc1cccc2ccccc12. The van der Waals surface area contributed by atoms with Crippen LogP contribution < -0.4 is 15.5 Å². The van der Waals surface area contributed by atoms with Gasteiger partial charge in [0.2, 0.25) is 0 Å². The van der Waals surface area contributed by atoms with E-state index in [1.54, 1.807) is 24.7 Å². The number of carbonyl (C=O) groups is 1. The lowest BCUT2D eigenvalue weighted by Crippen LogP contribution is -2.23. The van der Waals surface area contributed by atoms with Crippen LogP contribution in [0.1, 0.15) is 15.9 Å². The van der Waals surface area contributed by atoms with Crippen molar-refractivity contribution < 1.29 is 19.5 Å². The molecule has 0 aliphatic heterocycles. The summed E-state index contributed by atoms with van der Waals surface area (Å²) in [6.45, 7) is 2.43. The lowest BCUT2D eigenvalue weighted by atomic mass is 10.1. The van der Waals surface area contributed by atoms with Crippen molar-refractivity contribution in [1.82, 2.24) is 10.8 Å². The van der Waals surface area contributed by atoms with Gasteiger partial charge < -0.3 is 14.8 Å². The molecule has 6 heteroatoms. The van der Waals surface area contributed by atoms with Crippen LogP contribution in [0.4, 0.5) is 0 Å². The van der Waals surface area contributed by atoms with Gasteiger partial charge in [-0.2, -0.15) is 0 Å². The Morgan fingerprint density at radius 1 is 1.03 bits per heavy atom. The third kappa shape index (κ3) is 5.90. The van der Waals surface area contributed by atoms with E-state index in [-0.39, 0.29) is 0 Å². The Balaban J connectivity index is 1.76. The third-order valence-corrected chi connectivity index (χ3v) is 4.64. The fourth-order valence-corrected chi connectivity index (χ4v) is 3.09. The number of hydrogen-bond donors (Lipinski definition) is 3. The number of methoxy groups -OCH3 is 1. The van der Waals surface area contributed by atoms with Crippen LogP contribution >= 0.6 is 0 Å².